The van der Waals surface area contributed by atoms with Gasteiger partial charge < -0.3 is 20.9 Å². The Labute approximate surface area is 183 Å². The van der Waals surface area contributed by atoms with Gasteiger partial charge in [-0.25, -0.2) is 18.0 Å². The van der Waals surface area contributed by atoms with E-state index in [0.29, 0.717) is 12.8 Å². The maximum atomic E-state index is 13.6. The largest absolute Gasteiger partial charge is 0.449 e. The molecule has 3 rings (SSSR count). The van der Waals surface area contributed by atoms with E-state index in [-0.39, 0.29) is 30.6 Å². The number of primary amides is 2. The van der Waals surface area contributed by atoms with Crippen LogP contribution in [-0.4, -0.2) is 50.2 Å². The first-order valence-corrected chi connectivity index (χ1v) is 11.6. The van der Waals surface area contributed by atoms with Crippen molar-refractivity contribution >= 4 is 22.2 Å². The van der Waals surface area contributed by atoms with E-state index in [1.165, 1.54) is 0 Å². The lowest BCUT2D eigenvalue weighted by atomic mass is 9.69. The van der Waals surface area contributed by atoms with Gasteiger partial charge in [-0.3, -0.25) is 0 Å². The highest BCUT2D eigenvalue weighted by Crippen LogP contribution is 2.64. The third kappa shape index (κ3) is 3.98. The van der Waals surface area contributed by atoms with Crippen LogP contribution in [0.2, 0.25) is 0 Å². The summed E-state index contributed by atoms with van der Waals surface area (Å²) in [5.41, 5.74) is 9.37. The zero-order valence-electron chi connectivity index (χ0n) is 18.4. The van der Waals surface area contributed by atoms with Crippen molar-refractivity contribution in [3.63, 3.8) is 0 Å². The van der Waals surface area contributed by atoms with Crippen LogP contribution in [0.5, 0.6) is 0 Å². The monoisotopic (exact) mass is 453 g/mol. The van der Waals surface area contributed by atoms with Crippen LogP contribution in [0, 0.1) is 23.7 Å². The van der Waals surface area contributed by atoms with E-state index in [2.05, 4.69) is 0 Å². The van der Waals surface area contributed by atoms with Crippen molar-refractivity contribution in [2.75, 3.05) is 19.8 Å². The number of hydrogen-bond donors (Lipinski definition) is 2. The Morgan fingerprint density at radius 2 is 1.61 bits per heavy atom. The molecule has 10 heteroatoms. The van der Waals surface area contributed by atoms with Crippen molar-refractivity contribution < 1.29 is 27.5 Å². The van der Waals surface area contributed by atoms with E-state index in [4.69, 9.17) is 20.9 Å². The van der Waals surface area contributed by atoms with Crippen molar-refractivity contribution in [3.05, 3.63) is 29.8 Å². The highest BCUT2D eigenvalue weighted by Gasteiger charge is 2.69. The quantitative estimate of drug-likeness (QED) is 0.677. The van der Waals surface area contributed by atoms with Crippen LogP contribution in [-0.2, 0) is 19.5 Å². The zero-order valence-corrected chi connectivity index (χ0v) is 19.2. The molecule has 1 heterocycles. The molecule has 0 radical (unpaired) electrons. The molecule has 2 amide bonds. The third-order valence-corrected chi connectivity index (χ3v) is 8.91. The second kappa shape index (κ2) is 7.67. The van der Waals surface area contributed by atoms with Gasteiger partial charge in [0.15, 0.2) is 0 Å². The number of hydrogen-bond acceptors (Lipinski definition) is 6. The number of nitrogens with zero attached hydrogens (tertiary/aromatic N) is 1. The molecule has 0 unspecified atom stereocenters. The van der Waals surface area contributed by atoms with Crippen LogP contribution in [0.3, 0.4) is 0 Å². The van der Waals surface area contributed by atoms with E-state index in [1.54, 1.807) is 28.6 Å². The van der Waals surface area contributed by atoms with Gasteiger partial charge >= 0.3 is 12.2 Å². The zero-order chi connectivity index (χ0) is 23.2. The first kappa shape index (κ1) is 23.3. The molecule has 4 N–H and O–H groups in total. The Bertz CT molecular complexity index is 952. The minimum Gasteiger partial charge on any atom is -0.449 e. The fourth-order valence-corrected chi connectivity index (χ4v) is 7.15. The Kier molecular flexibility index (Phi) is 5.77. The number of rotatable bonds is 6. The molecule has 31 heavy (non-hydrogen) atoms. The standard InChI is InChI=1S/C21H31N3O6S/c1-14-5-7-16(8-6-14)31(27,28)24-10-15-9-21(24,19(2,3)4)11-20(15,12-29-17(22)25)13-30-18(23)26/h5-8,15H,9-13H2,1-4H3,(H2,22,25)(H2,23,26)/t15-,21-/m1/s1. The molecular formula is C21H31N3O6S. The lowest BCUT2D eigenvalue weighted by Crippen LogP contribution is -2.60. The summed E-state index contributed by atoms with van der Waals surface area (Å²) in [5.74, 6) is -0.203. The minimum absolute atomic E-state index is 0.0729. The molecule has 1 aliphatic carbocycles. The van der Waals surface area contributed by atoms with Crippen LogP contribution in [0.4, 0.5) is 9.59 Å². The van der Waals surface area contributed by atoms with E-state index < -0.39 is 38.6 Å². The number of fused-ring (bicyclic) bond motifs is 2. The maximum absolute atomic E-state index is 13.6. The molecule has 2 aliphatic rings. The Hall–Kier alpha value is -2.33. The number of sulfonamides is 1. The van der Waals surface area contributed by atoms with Gasteiger partial charge in [0.05, 0.1) is 4.90 Å². The molecule has 1 aromatic carbocycles. The van der Waals surface area contributed by atoms with E-state index in [0.717, 1.165) is 5.56 Å². The fourth-order valence-electron chi connectivity index (χ4n) is 5.17. The summed E-state index contributed by atoms with van der Waals surface area (Å²) in [6.07, 6.45) is -0.976. The minimum atomic E-state index is -3.77. The van der Waals surface area contributed by atoms with Gasteiger partial charge in [-0.15, -0.1) is 0 Å². The molecule has 2 bridgehead atoms. The molecular weight excluding hydrogens is 422 g/mol. The molecule has 2 fully saturated rings. The predicted molar refractivity (Wildman–Crippen MR) is 113 cm³/mol. The molecule has 1 aromatic rings. The van der Waals surface area contributed by atoms with E-state index in [9.17, 15) is 18.0 Å². The number of ether oxygens (including phenoxy) is 2. The average molecular weight is 454 g/mol. The summed E-state index contributed by atoms with van der Waals surface area (Å²) in [6.45, 7) is 7.95. The van der Waals surface area contributed by atoms with Gasteiger partial charge in [-0.05, 0) is 43.2 Å². The van der Waals surface area contributed by atoms with Crippen LogP contribution in [0.25, 0.3) is 0 Å². The second-order valence-electron chi connectivity index (χ2n) is 9.79. The first-order valence-electron chi connectivity index (χ1n) is 10.2. The summed E-state index contributed by atoms with van der Waals surface area (Å²) < 4.78 is 39.1. The summed E-state index contributed by atoms with van der Waals surface area (Å²) in [7, 11) is -3.77. The van der Waals surface area contributed by atoms with Crippen molar-refractivity contribution in [2.24, 2.45) is 28.2 Å². The number of benzene rings is 1. The lowest BCUT2D eigenvalue weighted by Gasteiger charge is -2.51. The highest BCUT2D eigenvalue weighted by molar-refractivity contribution is 7.89. The predicted octanol–water partition coefficient (Wildman–Crippen LogP) is 2.37. The Balaban J connectivity index is 2.03. The fraction of sp³-hybridized carbons (Fsp3) is 0.619. The SMILES string of the molecule is Cc1ccc(S(=O)(=O)N2C[C@H]3C[C@]2(C(C)(C)C)CC3(COC(N)=O)COC(N)=O)cc1. The lowest BCUT2D eigenvalue weighted by molar-refractivity contribution is -0.0395. The van der Waals surface area contributed by atoms with Gasteiger partial charge in [0.2, 0.25) is 10.0 Å². The molecule has 1 saturated heterocycles. The van der Waals surface area contributed by atoms with Crippen molar-refractivity contribution in [3.8, 4) is 0 Å². The van der Waals surface area contributed by atoms with Crippen molar-refractivity contribution in [2.45, 2.75) is 51.0 Å². The van der Waals surface area contributed by atoms with E-state index in [1.807, 2.05) is 27.7 Å². The average Bonchev–Trinajstić information content (AvgIpc) is 3.21. The van der Waals surface area contributed by atoms with Crippen molar-refractivity contribution in [1.82, 2.24) is 4.31 Å². The number of carbonyl (C=O) groups is 2. The second-order valence-corrected chi connectivity index (χ2v) is 11.6. The summed E-state index contributed by atoms with van der Waals surface area (Å²) >= 11 is 0. The number of amides is 2. The highest BCUT2D eigenvalue weighted by atomic mass is 32.2. The molecule has 2 atom stereocenters. The van der Waals surface area contributed by atoms with Crippen LogP contribution >= 0.6 is 0 Å². The number of aryl methyl sites for hydroxylation is 1. The summed E-state index contributed by atoms with van der Waals surface area (Å²) in [4.78, 5) is 22.9. The molecule has 0 aromatic heterocycles. The number of nitrogens with two attached hydrogens (primary N) is 2. The van der Waals surface area contributed by atoms with Crippen LogP contribution in [0.15, 0.2) is 29.2 Å². The smallest absolute Gasteiger partial charge is 0.404 e. The van der Waals surface area contributed by atoms with Gasteiger partial charge in [-0.2, -0.15) is 4.31 Å². The van der Waals surface area contributed by atoms with E-state index >= 15 is 0 Å². The summed E-state index contributed by atoms with van der Waals surface area (Å²) in [5, 5.41) is 0. The van der Waals surface area contributed by atoms with Crippen LogP contribution in [0.1, 0.15) is 39.2 Å². The third-order valence-electron chi connectivity index (χ3n) is 6.97. The van der Waals surface area contributed by atoms with Crippen molar-refractivity contribution in [1.29, 1.82) is 0 Å². The van der Waals surface area contributed by atoms with Gasteiger partial charge in [0.25, 0.3) is 0 Å². The Morgan fingerprint density at radius 3 is 2.06 bits per heavy atom. The molecule has 9 nitrogen and oxygen atoms in total. The normalized spacial score (nSPS) is 25.4. The first-order chi connectivity index (χ1) is 14.2. The van der Waals surface area contributed by atoms with Gasteiger partial charge in [0, 0.05) is 17.5 Å². The molecule has 0 spiro atoms. The number of carbonyl (C=O) groups excluding carboxylic acids is 2. The molecule has 172 valence electrons. The van der Waals surface area contributed by atoms with Gasteiger partial charge in [0.1, 0.15) is 13.2 Å². The van der Waals surface area contributed by atoms with Crippen LogP contribution < -0.4 is 11.5 Å². The van der Waals surface area contributed by atoms with Gasteiger partial charge in [-0.1, -0.05) is 38.5 Å². The topological polar surface area (TPSA) is 142 Å². The number of piperidine rings is 1. The molecule has 1 aliphatic heterocycles. The molecule has 1 saturated carbocycles. The maximum Gasteiger partial charge on any atom is 0.404 e. The Morgan fingerprint density at radius 1 is 1.10 bits per heavy atom. The summed E-state index contributed by atoms with van der Waals surface area (Å²) in [6, 6.07) is 6.78.